The molecule has 3 aromatic rings. The first-order chi connectivity index (χ1) is 13.3. The molecule has 0 saturated carbocycles. The van der Waals surface area contributed by atoms with Crippen LogP contribution in [0.1, 0.15) is 18.4 Å². The van der Waals surface area contributed by atoms with Crippen molar-refractivity contribution in [2.75, 3.05) is 25.1 Å². The van der Waals surface area contributed by atoms with E-state index in [9.17, 15) is 4.79 Å². The summed E-state index contributed by atoms with van der Waals surface area (Å²) in [4.78, 5) is 22.6. The Bertz CT molecular complexity index is 904. The van der Waals surface area contributed by atoms with E-state index < -0.39 is 0 Å². The molecular weight excluding hydrogens is 338 g/mol. The number of nitrogens with zero attached hydrogens (tertiary/aromatic N) is 3. The van der Waals surface area contributed by atoms with Crippen LogP contribution in [0.15, 0.2) is 48.8 Å². The van der Waals surface area contributed by atoms with Crippen LogP contribution in [0.2, 0.25) is 0 Å². The summed E-state index contributed by atoms with van der Waals surface area (Å²) in [5, 5.41) is 8.07. The number of fused-ring (bicyclic) bond motifs is 1. The quantitative estimate of drug-likeness (QED) is 0.720. The second kappa shape index (κ2) is 8.73. The maximum atomic E-state index is 11.3. The zero-order valence-corrected chi connectivity index (χ0v) is 15.8. The Kier molecular flexibility index (Phi) is 6.14. The Morgan fingerprint density at radius 2 is 1.89 bits per heavy atom. The summed E-state index contributed by atoms with van der Waals surface area (Å²) < 4.78 is 0. The molecule has 4 rings (SSSR count). The summed E-state index contributed by atoms with van der Waals surface area (Å²) in [6.45, 7) is 3.76. The molecule has 1 fully saturated rings. The molecule has 0 amide bonds. The molecule has 1 N–H and O–H groups in total. The minimum Gasteiger partial charge on any atom is -0.400 e. The van der Waals surface area contributed by atoms with Crippen LogP contribution in [0.4, 0.5) is 5.82 Å². The zero-order chi connectivity index (χ0) is 19.2. The van der Waals surface area contributed by atoms with E-state index in [1.807, 2.05) is 12.1 Å². The van der Waals surface area contributed by atoms with Crippen molar-refractivity contribution in [1.29, 1.82) is 0 Å². The fourth-order valence-corrected chi connectivity index (χ4v) is 3.62. The number of hydrogen-bond acceptors (Lipinski definition) is 5. The maximum Gasteiger partial charge on any atom is 0.140 e. The molecule has 1 aliphatic rings. The van der Waals surface area contributed by atoms with Crippen LogP contribution in [0.3, 0.4) is 0 Å². The van der Waals surface area contributed by atoms with Crippen molar-refractivity contribution in [2.24, 2.45) is 5.92 Å². The van der Waals surface area contributed by atoms with Gasteiger partial charge in [-0.05, 0) is 37.0 Å². The lowest BCUT2D eigenvalue weighted by Gasteiger charge is -2.32. The van der Waals surface area contributed by atoms with Crippen LogP contribution in [-0.4, -0.2) is 41.6 Å². The Balaban J connectivity index is 0.00000102. The number of benzene rings is 2. The minimum absolute atomic E-state index is 0.0882. The molecule has 1 saturated heterocycles. The summed E-state index contributed by atoms with van der Waals surface area (Å²) in [6.07, 6.45) is 4.69. The molecule has 5 heteroatoms. The van der Waals surface area contributed by atoms with E-state index >= 15 is 0 Å². The van der Waals surface area contributed by atoms with E-state index in [2.05, 4.69) is 52.1 Å². The first-order valence-corrected chi connectivity index (χ1v) is 9.22. The van der Waals surface area contributed by atoms with E-state index in [0.717, 1.165) is 67.2 Å². The van der Waals surface area contributed by atoms with Crippen molar-refractivity contribution < 1.29 is 9.90 Å². The molecule has 0 spiro atoms. The third kappa shape index (κ3) is 3.98. The van der Waals surface area contributed by atoms with Crippen LogP contribution in [0.5, 0.6) is 0 Å². The van der Waals surface area contributed by atoms with Crippen LogP contribution in [0, 0.1) is 12.8 Å². The molecule has 0 radical (unpaired) electrons. The average molecular weight is 363 g/mol. The van der Waals surface area contributed by atoms with Crippen molar-refractivity contribution in [1.82, 2.24) is 9.97 Å². The number of aliphatic hydroxyl groups excluding tert-OH is 1. The lowest BCUT2D eigenvalue weighted by Crippen LogP contribution is -2.36. The van der Waals surface area contributed by atoms with E-state index in [-0.39, 0.29) is 5.92 Å². The molecular formula is C22H25N3O2. The number of carbonyl (C=O) groups is 1. The Morgan fingerprint density at radius 1 is 1.11 bits per heavy atom. The van der Waals surface area contributed by atoms with Gasteiger partial charge in [-0.3, -0.25) is 0 Å². The molecule has 1 unspecified atom stereocenters. The number of hydrogen-bond donors (Lipinski definition) is 1. The standard InChI is InChI=1S/C21H21N3O.CH4O/c1-15-7-9-17(10-8-15)18-5-2-6-19-20(18)21(23-14-22-19)24-11-3-4-16(12-24)13-25;1-2/h2,5-10,13-14,16H,3-4,11-12H2,1H3;2H,1H3. The molecule has 1 aromatic heterocycles. The number of piperidine rings is 1. The first-order valence-electron chi connectivity index (χ1n) is 9.22. The third-order valence-electron chi connectivity index (χ3n) is 4.96. The number of carbonyl (C=O) groups excluding carboxylic acids is 1. The number of aryl methyl sites for hydroxylation is 1. The van der Waals surface area contributed by atoms with Crippen LogP contribution >= 0.6 is 0 Å². The number of rotatable bonds is 3. The van der Waals surface area contributed by atoms with E-state index in [1.54, 1.807) is 6.33 Å². The second-order valence-electron chi connectivity index (χ2n) is 6.75. The van der Waals surface area contributed by atoms with Gasteiger partial charge in [-0.1, -0.05) is 42.0 Å². The van der Waals surface area contributed by atoms with E-state index in [4.69, 9.17) is 5.11 Å². The van der Waals surface area contributed by atoms with Crippen molar-refractivity contribution in [3.8, 4) is 11.1 Å². The van der Waals surface area contributed by atoms with Crippen molar-refractivity contribution in [3.05, 3.63) is 54.4 Å². The Morgan fingerprint density at radius 3 is 2.63 bits per heavy atom. The van der Waals surface area contributed by atoms with Gasteiger partial charge in [-0.15, -0.1) is 0 Å². The molecule has 1 atom stereocenters. The first kappa shape index (κ1) is 19.0. The van der Waals surface area contributed by atoms with Gasteiger partial charge in [-0.2, -0.15) is 0 Å². The van der Waals surface area contributed by atoms with Crippen LogP contribution in [0.25, 0.3) is 22.0 Å². The largest absolute Gasteiger partial charge is 0.400 e. The van der Waals surface area contributed by atoms with Gasteiger partial charge in [-0.25, -0.2) is 9.97 Å². The van der Waals surface area contributed by atoms with Gasteiger partial charge in [0, 0.05) is 26.1 Å². The SMILES string of the molecule is CO.Cc1ccc(-c2cccc3ncnc(N4CCCC(C=O)C4)c23)cc1. The maximum absolute atomic E-state index is 11.3. The van der Waals surface area contributed by atoms with Gasteiger partial charge in [0.1, 0.15) is 18.4 Å². The summed E-state index contributed by atoms with van der Waals surface area (Å²) in [7, 11) is 1.00. The fourth-order valence-electron chi connectivity index (χ4n) is 3.62. The molecule has 1 aliphatic heterocycles. The lowest BCUT2D eigenvalue weighted by atomic mass is 9.97. The predicted molar refractivity (Wildman–Crippen MR) is 109 cm³/mol. The normalized spacial score (nSPS) is 16.6. The van der Waals surface area contributed by atoms with E-state index in [0.29, 0.717) is 0 Å². The van der Waals surface area contributed by atoms with Gasteiger partial charge in [0.15, 0.2) is 0 Å². The van der Waals surface area contributed by atoms with Crippen molar-refractivity contribution >= 4 is 23.0 Å². The number of aliphatic hydroxyl groups is 1. The molecule has 27 heavy (non-hydrogen) atoms. The minimum atomic E-state index is 0.0882. The van der Waals surface area contributed by atoms with Crippen LogP contribution in [-0.2, 0) is 4.79 Å². The average Bonchev–Trinajstić information content (AvgIpc) is 2.75. The summed E-state index contributed by atoms with van der Waals surface area (Å²) in [5.74, 6) is 1.03. The van der Waals surface area contributed by atoms with Gasteiger partial charge >= 0.3 is 0 Å². The number of aromatic nitrogens is 2. The summed E-state index contributed by atoms with van der Waals surface area (Å²) in [5.41, 5.74) is 4.49. The topological polar surface area (TPSA) is 66.3 Å². The lowest BCUT2D eigenvalue weighted by molar-refractivity contribution is -0.111. The number of anilines is 1. The van der Waals surface area contributed by atoms with Crippen molar-refractivity contribution in [3.63, 3.8) is 0 Å². The second-order valence-corrected chi connectivity index (χ2v) is 6.75. The summed E-state index contributed by atoms with van der Waals surface area (Å²) >= 11 is 0. The van der Waals surface area contributed by atoms with Gasteiger partial charge in [0.05, 0.1) is 10.9 Å². The van der Waals surface area contributed by atoms with Gasteiger partial charge in [0.2, 0.25) is 0 Å². The number of aldehydes is 1. The molecule has 5 nitrogen and oxygen atoms in total. The Labute approximate surface area is 159 Å². The molecule has 0 bridgehead atoms. The van der Waals surface area contributed by atoms with E-state index in [1.165, 1.54) is 5.56 Å². The predicted octanol–water partition coefficient (Wildman–Crippen LogP) is 3.63. The highest BCUT2D eigenvalue weighted by Gasteiger charge is 2.23. The van der Waals surface area contributed by atoms with Crippen LogP contribution < -0.4 is 4.90 Å². The highest BCUT2D eigenvalue weighted by Crippen LogP contribution is 2.35. The molecule has 140 valence electrons. The zero-order valence-electron chi connectivity index (χ0n) is 15.8. The van der Waals surface area contributed by atoms with Gasteiger partial charge < -0.3 is 14.8 Å². The Hall–Kier alpha value is -2.79. The monoisotopic (exact) mass is 363 g/mol. The van der Waals surface area contributed by atoms with Crippen molar-refractivity contribution in [2.45, 2.75) is 19.8 Å². The highest BCUT2D eigenvalue weighted by molar-refractivity contribution is 6.02. The molecule has 2 aromatic carbocycles. The molecule has 2 heterocycles. The van der Waals surface area contributed by atoms with Gasteiger partial charge in [0.25, 0.3) is 0 Å². The smallest absolute Gasteiger partial charge is 0.140 e. The summed E-state index contributed by atoms with van der Waals surface area (Å²) in [6, 6.07) is 14.7. The molecule has 0 aliphatic carbocycles. The highest BCUT2D eigenvalue weighted by atomic mass is 16.2. The fraction of sp³-hybridized carbons (Fsp3) is 0.318. The third-order valence-corrected chi connectivity index (χ3v) is 4.96.